The molecule has 1 fully saturated rings. The molecule has 8 heteroatoms. The second kappa shape index (κ2) is 6.79. The first-order valence-corrected chi connectivity index (χ1v) is 8.63. The predicted octanol–water partition coefficient (Wildman–Crippen LogP) is 1.78. The van der Waals surface area contributed by atoms with Gasteiger partial charge in [0, 0.05) is 23.4 Å². The van der Waals surface area contributed by atoms with Gasteiger partial charge in [-0.05, 0) is 18.2 Å². The van der Waals surface area contributed by atoms with Crippen molar-refractivity contribution in [2.75, 3.05) is 26.5 Å². The Balaban J connectivity index is 2.03. The van der Waals surface area contributed by atoms with Crippen LogP contribution >= 0.6 is 11.8 Å². The van der Waals surface area contributed by atoms with Crippen LogP contribution in [0.25, 0.3) is 0 Å². The molecule has 0 aromatic heterocycles. The van der Waals surface area contributed by atoms with Gasteiger partial charge in [0.25, 0.3) is 0 Å². The quantitative estimate of drug-likeness (QED) is 0.770. The number of ether oxygens (including phenoxy) is 2. The fourth-order valence-electron chi connectivity index (χ4n) is 3.06. The molecule has 132 valence electrons. The van der Waals surface area contributed by atoms with Crippen LogP contribution in [0.15, 0.2) is 28.8 Å². The van der Waals surface area contributed by atoms with E-state index >= 15 is 0 Å². The third kappa shape index (κ3) is 2.97. The van der Waals surface area contributed by atoms with E-state index in [-0.39, 0.29) is 17.3 Å². The average molecular weight is 363 g/mol. The van der Waals surface area contributed by atoms with Gasteiger partial charge in [-0.25, -0.2) is 0 Å². The third-order valence-corrected chi connectivity index (χ3v) is 5.31. The summed E-state index contributed by atoms with van der Waals surface area (Å²) in [7, 11) is 2.96. The zero-order chi connectivity index (χ0) is 18.1. The van der Waals surface area contributed by atoms with Gasteiger partial charge in [0.15, 0.2) is 17.3 Å². The fraction of sp³-hybridized carbons (Fsp3) is 0.353. The third-order valence-electron chi connectivity index (χ3n) is 4.21. The van der Waals surface area contributed by atoms with Gasteiger partial charge < -0.3 is 19.5 Å². The number of carbonyl (C=O) groups excluding carboxylic acids is 2. The maximum Gasteiger partial charge on any atom is 0.304 e. The van der Waals surface area contributed by atoms with Gasteiger partial charge in [-0.3, -0.25) is 14.4 Å². The van der Waals surface area contributed by atoms with Crippen molar-refractivity contribution in [2.45, 2.75) is 6.42 Å². The van der Waals surface area contributed by atoms with Crippen molar-refractivity contribution in [2.24, 2.45) is 5.92 Å². The Hall–Kier alpha value is -2.48. The molecule has 1 atom stereocenters. The van der Waals surface area contributed by atoms with Crippen LogP contribution in [-0.4, -0.2) is 54.2 Å². The molecule has 0 bridgehead atoms. The number of carboxylic acids is 1. The minimum atomic E-state index is -1.11. The zero-order valence-electron chi connectivity index (χ0n) is 13.8. The number of thioether (sulfide) groups is 1. The van der Waals surface area contributed by atoms with E-state index in [0.29, 0.717) is 34.4 Å². The maximum atomic E-state index is 13.1. The lowest BCUT2D eigenvalue weighted by Gasteiger charge is -2.13. The Morgan fingerprint density at radius 2 is 2.00 bits per heavy atom. The Morgan fingerprint density at radius 1 is 1.28 bits per heavy atom. The SMILES string of the molecule is COc1ccc(C(=O)C2=C3SCCN3C(=O)C2CC(=O)O)cc1OC. The first-order chi connectivity index (χ1) is 12.0. The summed E-state index contributed by atoms with van der Waals surface area (Å²) in [6.45, 7) is 0.498. The molecule has 1 saturated heterocycles. The van der Waals surface area contributed by atoms with E-state index in [1.54, 1.807) is 18.2 Å². The highest BCUT2D eigenvalue weighted by atomic mass is 32.2. The summed E-state index contributed by atoms with van der Waals surface area (Å²) >= 11 is 1.41. The number of amides is 1. The summed E-state index contributed by atoms with van der Waals surface area (Å²) in [6, 6.07) is 4.74. The van der Waals surface area contributed by atoms with Gasteiger partial charge in [0.1, 0.15) is 0 Å². The number of aliphatic carboxylic acids is 1. The van der Waals surface area contributed by atoms with Crippen molar-refractivity contribution in [3.8, 4) is 11.5 Å². The number of hydrogen-bond acceptors (Lipinski definition) is 6. The summed E-state index contributed by atoms with van der Waals surface area (Å²) in [6.07, 6.45) is -0.395. The van der Waals surface area contributed by atoms with Gasteiger partial charge in [0.05, 0.1) is 31.6 Å². The Morgan fingerprint density at radius 3 is 2.64 bits per heavy atom. The molecule has 1 aromatic carbocycles. The van der Waals surface area contributed by atoms with Gasteiger partial charge >= 0.3 is 5.97 Å². The number of carboxylic acid groups (broad SMARTS) is 1. The van der Waals surface area contributed by atoms with Gasteiger partial charge in [-0.1, -0.05) is 0 Å². The van der Waals surface area contributed by atoms with Crippen molar-refractivity contribution < 1.29 is 29.0 Å². The highest BCUT2D eigenvalue weighted by Gasteiger charge is 2.46. The maximum absolute atomic E-state index is 13.1. The Bertz CT molecular complexity index is 787. The molecule has 2 aliphatic heterocycles. The van der Waals surface area contributed by atoms with E-state index in [9.17, 15) is 14.4 Å². The highest BCUT2D eigenvalue weighted by Crippen LogP contribution is 2.43. The van der Waals surface area contributed by atoms with Crippen LogP contribution in [0.5, 0.6) is 11.5 Å². The summed E-state index contributed by atoms with van der Waals surface area (Å²) in [5, 5.41) is 9.71. The molecule has 1 N–H and O–H groups in total. The van der Waals surface area contributed by atoms with Crippen molar-refractivity contribution in [1.29, 1.82) is 0 Å². The number of methoxy groups -OCH3 is 2. The van der Waals surface area contributed by atoms with E-state index in [2.05, 4.69) is 0 Å². The monoisotopic (exact) mass is 363 g/mol. The first kappa shape index (κ1) is 17.3. The minimum absolute atomic E-state index is 0.266. The predicted molar refractivity (Wildman–Crippen MR) is 90.8 cm³/mol. The average Bonchev–Trinajstić information content (AvgIpc) is 3.16. The highest BCUT2D eigenvalue weighted by molar-refractivity contribution is 8.03. The van der Waals surface area contributed by atoms with Crippen LogP contribution in [0.3, 0.4) is 0 Å². The molecule has 2 heterocycles. The molecule has 0 spiro atoms. The van der Waals surface area contributed by atoms with Crippen LogP contribution in [0.4, 0.5) is 0 Å². The lowest BCUT2D eigenvalue weighted by molar-refractivity contribution is -0.141. The van der Waals surface area contributed by atoms with Gasteiger partial charge in [-0.15, -0.1) is 11.8 Å². The second-order valence-corrected chi connectivity index (χ2v) is 6.69. The number of hydrogen-bond donors (Lipinski definition) is 1. The first-order valence-electron chi connectivity index (χ1n) is 7.64. The van der Waals surface area contributed by atoms with Crippen LogP contribution < -0.4 is 9.47 Å². The number of Topliss-reactive ketones (excluding diaryl/α,β-unsaturated/α-hetero) is 1. The lowest BCUT2D eigenvalue weighted by atomic mass is 9.91. The van der Waals surface area contributed by atoms with Gasteiger partial charge in [-0.2, -0.15) is 0 Å². The van der Waals surface area contributed by atoms with Crippen molar-refractivity contribution in [1.82, 2.24) is 4.90 Å². The van der Waals surface area contributed by atoms with Crippen molar-refractivity contribution in [3.63, 3.8) is 0 Å². The molecular weight excluding hydrogens is 346 g/mol. The molecule has 1 aromatic rings. The standard InChI is InChI=1S/C17H17NO6S/c1-23-11-4-3-9(7-12(11)24-2)15(21)14-10(8-13(19)20)16(22)18-5-6-25-17(14)18/h3-4,7,10H,5-6,8H2,1-2H3,(H,19,20). The Labute approximate surface area is 148 Å². The van der Waals surface area contributed by atoms with Crippen LogP contribution in [0, 0.1) is 5.92 Å². The summed E-state index contributed by atoms with van der Waals surface area (Å²) < 4.78 is 10.4. The molecular formula is C17H17NO6S. The smallest absolute Gasteiger partial charge is 0.304 e. The number of fused-ring (bicyclic) bond motifs is 1. The van der Waals surface area contributed by atoms with Crippen molar-refractivity contribution in [3.05, 3.63) is 34.4 Å². The summed E-state index contributed by atoms with van der Waals surface area (Å²) in [5.41, 5.74) is 0.597. The molecule has 3 rings (SSSR count). The van der Waals surface area contributed by atoms with Gasteiger partial charge in [0.2, 0.25) is 5.91 Å². The summed E-state index contributed by atoms with van der Waals surface area (Å²) in [4.78, 5) is 38.2. The Kier molecular flexibility index (Phi) is 4.71. The van der Waals surface area contributed by atoms with E-state index < -0.39 is 18.3 Å². The van der Waals surface area contributed by atoms with E-state index in [0.717, 1.165) is 0 Å². The number of ketones is 1. The number of rotatable bonds is 6. The molecule has 2 aliphatic rings. The summed E-state index contributed by atoms with van der Waals surface area (Å²) in [5.74, 6) is -1.14. The second-order valence-electron chi connectivity index (χ2n) is 5.61. The fourth-order valence-corrected chi connectivity index (χ4v) is 4.25. The lowest BCUT2D eigenvalue weighted by Crippen LogP contribution is -2.29. The molecule has 1 amide bonds. The van der Waals surface area contributed by atoms with Crippen LogP contribution in [0.1, 0.15) is 16.8 Å². The molecule has 25 heavy (non-hydrogen) atoms. The van der Waals surface area contributed by atoms with Crippen molar-refractivity contribution >= 4 is 29.4 Å². The van der Waals surface area contributed by atoms with Crippen LogP contribution in [-0.2, 0) is 9.59 Å². The molecule has 1 unspecified atom stereocenters. The van der Waals surface area contributed by atoms with E-state index in [1.807, 2.05) is 0 Å². The number of carbonyl (C=O) groups is 3. The zero-order valence-corrected chi connectivity index (χ0v) is 14.6. The molecule has 0 saturated carbocycles. The molecule has 7 nitrogen and oxygen atoms in total. The normalized spacial score (nSPS) is 19.2. The number of benzene rings is 1. The van der Waals surface area contributed by atoms with E-state index in [1.165, 1.54) is 30.9 Å². The van der Waals surface area contributed by atoms with E-state index in [4.69, 9.17) is 14.6 Å². The minimum Gasteiger partial charge on any atom is -0.493 e. The number of nitrogens with zero attached hydrogens (tertiary/aromatic N) is 1. The topological polar surface area (TPSA) is 93.1 Å². The molecule has 0 radical (unpaired) electrons. The largest absolute Gasteiger partial charge is 0.493 e. The van der Waals surface area contributed by atoms with Crippen LogP contribution in [0.2, 0.25) is 0 Å². The molecule has 0 aliphatic carbocycles.